The summed E-state index contributed by atoms with van der Waals surface area (Å²) < 4.78 is 0. The first kappa shape index (κ1) is 27.5. The van der Waals surface area contributed by atoms with Gasteiger partial charge in [0.25, 0.3) is 0 Å². The highest BCUT2D eigenvalue weighted by atomic mass is 16.3. The summed E-state index contributed by atoms with van der Waals surface area (Å²) in [6.07, 6.45) is 26.4. The molecule has 3 aliphatic carbocycles. The van der Waals surface area contributed by atoms with Gasteiger partial charge in [-0.3, -0.25) is 9.78 Å². The highest BCUT2D eigenvalue weighted by molar-refractivity contribution is 6.01. The number of amides is 1. The van der Waals surface area contributed by atoms with E-state index in [1.165, 1.54) is 11.1 Å². The average molecular weight is 489 g/mol. The molecule has 4 atom stereocenters. The van der Waals surface area contributed by atoms with Gasteiger partial charge in [0.1, 0.15) is 0 Å². The number of allylic oxidation sites excluding steroid dienone is 8. The maximum absolute atomic E-state index is 10.5. The van der Waals surface area contributed by atoms with E-state index < -0.39 is 0 Å². The van der Waals surface area contributed by atoms with Crippen molar-refractivity contribution in [2.75, 3.05) is 6.61 Å². The molecule has 1 aromatic heterocycles. The quantitative estimate of drug-likeness (QED) is 0.332. The van der Waals surface area contributed by atoms with E-state index in [1.54, 1.807) is 6.20 Å². The van der Waals surface area contributed by atoms with E-state index in [4.69, 9.17) is 15.9 Å². The number of carbonyl (C=O) groups excluding carboxylic acids is 1. The number of hydrogen-bond acceptors (Lipinski definition) is 5. The van der Waals surface area contributed by atoms with Gasteiger partial charge in [-0.25, -0.2) is 0 Å². The molecule has 0 bridgehead atoms. The fourth-order valence-electron chi connectivity index (χ4n) is 5.56. The molecule has 6 N–H and O–H groups in total. The summed E-state index contributed by atoms with van der Waals surface area (Å²) in [5.41, 5.74) is 15.6. The Balaban J connectivity index is 0.00000115. The monoisotopic (exact) mass is 488 g/mol. The van der Waals surface area contributed by atoms with Gasteiger partial charge < -0.3 is 22.0 Å². The number of aliphatic hydroxyl groups excluding tert-OH is 1. The van der Waals surface area contributed by atoms with Crippen LogP contribution >= 0.6 is 0 Å². The number of rotatable bonds is 7. The molecule has 0 aromatic carbocycles. The number of primary amides is 1. The van der Waals surface area contributed by atoms with Crippen molar-refractivity contribution >= 4 is 12.1 Å². The highest BCUT2D eigenvalue weighted by Crippen LogP contribution is 2.47. The number of pyridine rings is 1. The van der Waals surface area contributed by atoms with E-state index in [9.17, 15) is 5.11 Å². The van der Waals surface area contributed by atoms with Gasteiger partial charge in [-0.1, -0.05) is 62.0 Å². The van der Waals surface area contributed by atoms with Gasteiger partial charge in [0.05, 0.1) is 0 Å². The van der Waals surface area contributed by atoms with Crippen LogP contribution in [0, 0.1) is 22.7 Å². The first-order chi connectivity index (χ1) is 17.4. The van der Waals surface area contributed by atoms with Gasteiger partial charge in [-0.2, -0.15) is 0 Å². The van der Waals surface area contributed by atoms with Gasteiger partial charge >= 0.3 is 0 Å². The SMILES string of the molecule is CCc1cc(C(=N)C2C=C(C3CCCC(CO)(CC4=CC=CCC=C4)C3)C=CC2N)ccn1.NC=O. The molecule has 0 spiro atoms. The number of nitrogens with zero attached hydrogens (tertiary/aromatic N) is 1. The van der Waals surface area contributed by atoms with Crippen LogP contribution in [0.25, 0.3) is 0 Å². The first-order valence-corrected chi connectivity index (χ1v) is 12.9. The molecule has 1 heterocycles. The van der Waals surface area contributed by atoms with Gasteiger partial charge in [-0.05, 0) is 78.7 Å². The van der Waals surface area contributed by atoms with Gasteiger partial charge in [0.15, 0.2) is 0 Å². The Hall–Kier alpha value is -3.09. The van der Waals surface area contributed by atoms with Crippen molar-refractivity contribution in [2.24, 2.45) is 28.7 Å². The van der Waals surface area contributed by atoms with E-state index in [0.29, 0.717) is 11.6 Å². The Bertz CT molecular complexity index is 1070. The number of nitrogens with one attached hydrogen (secondary N) is 1. The van der Waals surface area contributed by atoms with Crippen molar-refractivity contribution in [3.05, 3.63) is 89.3 Å². The summed E-state index contributed by atoms with van der Waals surface area (Å²) in [5, 5.41) is 19.4. The lowest BCUT2D eigenvalue weighted by molar-refractivity contribution is -0.106. The van der Waals surface area contributed by atoms with Crippen LogP contribution in [0.5, 0.6) is 0 Å². The highest BCUT2D eigenvalue weighted by Gasteiger charge is 2.38. The van der Waals surface area contributed by atoms with Gasteiger partial charge in [-0.15, -0.1) is 0 Å². The molecule has 6 nitrogen and oxygen atoms in total. The first-order valence-electron chi connectivity index (χ1n) is 12.9. The van der Waals surface area contributed by atoms with Crippen molar-refractivity contribution in [2.45, 2.75) is 57.9 Å². The minimum Gasteiger partial charge on any atom is -0.396 e. The molecule has 1 aromatic rings. The zero-order valence-electron chi connectivity index (χ0n) is 21.3. The molecule has 4 unspecified atom stereocenters. The normalized spacial score (nSPS) is 27.2. The molecule has 1 fully saturated rings. The molecule has 192 valence electrons. The maximum atomic E-state index is 10.5. The molecule has 3 aliphatic rings. The van der Waals surface area contributed by atoms with Crippen LogP contribution in [0.1, 0.15) is 56.7 Å². The van der Waals surface area contributed by atoms with Gasteiger partial charge in [0, 0.05) is 36.2 Å². The lowest BCUT2D eigenvalue weighted by atomic mass is 9.64. The Labute approximate surface area is 215 Å². The summed E-state index contributed by atoms with van der Waals surface area (Å²) in [6, 6.07) is 3.74. The largest absolute Gasteiger partial charge is 0.396 e. The number of nitrogens with two attached hydrogens (primary N) is 2. The number of aryl methyl sites for hydroxylation is 1. The fourth-order valence-corrected chi connectivity index (χ4v) is 5.56. The Morgan fingerprint density at radius 3 is 2.89 bits per heavy atom. The predicted molar refractivity (Wildman–Crippen MR) is 146 cm³/mol. The van der Waals surface area contributed by atoms with Crippen molar-refractivity contribution in [1.82, 2.24) is 4.98 Å². The lowest BCUT2D eigenvalue weighted by Gasteiger charge is -2.41. The molecule has 0 saturated heterocycles. The number of aliphatic hydroxyl groups is 1. The van der Waals surface area contributed by atoms with Crippen LogP contribution in [-0.4, -0.2) is 34.9 Å². The maximum Gasteiger partial charge on any atom is 0.204 e. The van der Waals surface area contributed by atoms with Crippen LogP contribution < -0.4 is 11.5 Å². The van der Waals surface area contributed by atoms with E-state index in [0.717, 1.165) is 56.2 Å². The van der Waals surface area contributed by atoms with Gasteiger partial charge in [0.2, 0.25) is 6.41 Å². The van der Waals surface area contributed by atoms with Crippen molar-refractivity contribution in [3.8, 4) is 0 Å². The zero-order chi connectivity index (χ0) is 26.0. The van der Waals surface area contributed by atoms with Crippen LogP contribution in [-0.2, 0) is 11.2 Å². The van der Waals surface area contributed by atoms with Crippen molar-refractivity contribution in [1.29, 1.82) is 5.41 Å². The smallest absolute Gasteiger partial charge is 0.204 e. The number of aromatic nitrogens is 1. The lowest BCUT2D eigenvalue weighted by Crippen LogP contribution is -2.37. The molecule has 6 heteroatoms. The standard InChI is InChI=1S/C29H37N3O.CH3NO/c1-2-25-16-23(13-15-32-25)28(31)26-17-22(11-12-27(26)30)24-10-7-14-29(19-24,20-33)18-21-8-5-3-4-6-9-21;2-1-3/h3,5-6,8-9,11-13,15-17,24,26-27,31,33H,2,4,7,10,14,18-20,30H2,1H3;1H,(H2,2,3). The molecular weight excluding hydrogens is 448 g/mol. The van der Waals surface area contributed by atoms with Crippen molar-refractivity contribution in [3.63, 3.8) is 0 Å². The van der Waals surface area contributed by atoms with E-state index >= 15 is 0 Å². The molecule has 36 heavy (non-hydrogen) atoms. The number of carbonyl (C=O) groups is 1. The summed E-state index contributed by atoms with van der Waals surface area (Å²) in [7, 11) is 0. The van der Waals surface area contributed by atoms with E-state index in [-0.39, 0.29) is 30.4 Å². The third-order valence-electron chi connectivity index (χ3n) is 7.50. The Morgan fingerprint density at radius 1 is 1.33 bits per heavy atom. The number of hydrogen-bond donors (Lipinski definition) is 4. The van der Waals surface area contributed by atoms with Crippen molar-refractivity contribution < 1.29 is 9.90 Å². The van der Waals surface area contributed by atoms with Crippen LogP contribution in [0.2, 0.25) is 0 Å². The Kier molecular flexibility index (Phi) is 10.1. The average Bonchev–Trinajstić information content (AvgIpc) is 3.17. The second-order valence-electron chi connectivity index (χ2n) is 10.0. The van der Waals surface area contributed by atoms with Crippen LogP contribution in [0.3, 0.4) is 0 Å². The third kappa shape index (κ3) is 6.99. The molecule has 0 radical (unpaired) electrons. The summed E-state index contributed by atoms with van der Waals surface area (Å²) >= 11 is 0. The summed E-state index contributed by atoms with van der Waals surface area (Å²) in [5.74, 6) is 0.250. The third-order valence-corrected chi connectivity index (χ3v) is 7.50. The summed E-state index contributed by atoms with van der Waals surface area (Å²) in [4.78, 5) is 13.0. The second-order valence-corrected chi connectivity index (χ2v) is 10.0. The van der Waals surface area contributed by atoms with E-state index in [2.05, 4.69) is 66.2 Å². The van der Waals surface area contributed by atoms with Crippen LogP contribution in [0.4, 0.5) is 0 Å². The molecule has 0 aliphatic heterocycles. The fraction of sp³-hybridized carbons (Fsp3) is 0.433. The predicted octanol–water partition coefficient (Wildman–Crippen LogP) is 4.55. The van der Waals surface area contributed by atoms with Crippen LogP contribution in [0.15, 0.2) is 78.1 Å². The topological polar surface area (TPSA) is 126 Å². The second kappa shape index (κ2) is 13.3. The summed E-state index contributed by atoms with van der Waals surface area (Å²) in [6.45, 7) is 2.29. The molecule has 4 rings (SSSR count). The van der Waals surface area contributed by atoms with E-state index in [1.807, 2.05) is 12.1 Å². The molecule has 1 saturated carbocycles. The minimum atomic E-state index is -0.196. The minimum absolute atomic E-state index is 0.0877. The molecule has 1 amide bonds. The Morgan fingerprint density at radius 2 is 2.14 bits per heavy atom. The zero-order valence-corrected chi connectivity index (χ0v) is 21.3. The molecular formula is C30H40N4O2.